The first-order valence-corrected chi connectivity index (χ1v) is 13.9. The monoisotopic (exact) mass is 531 g/mol. The van der Waals surface area contributed by atoms with E-state index in [0.717, 1.165) is 31.2 Å². The molecule has 2 aliphatic rings. The molecule has 1 aliphatic heterocycles. The molecule has 208 valence electrons. The number of aromatic nitrogens is 1. The fraction of sp³-hybridized carbons (Fsp3) is 0.548. The van der Waals surface area contributed by atoms with E-state index in [1.807, 2.05) is 30.3 Å². The number of anilines is 1. The van der Waals surface area contributed by atoms with Crippen LogP contribution >= 0.6 is 0 Å². The quantitative estimate of drug-likeness (QED) is 0.523. The van der Waals surface area contributed by atoms with Crippen LogP contribution in [-0.4, -0.2) is 53.5 Å². The van der Waals surface area contributed by atoms with Crippen molar-refractivity contribution in [2.24, 2.45) is 0 Å². The highest BCUT2D eigenvalue weighted by atomic mass is 16.5. The molecule has 2 fully saturated rings. The molecule has 1 saturated heterocycles. The molecule has 2 aromatic rings. The van der Waals surface area contributed by atoms with Crippen molar-refractivity contribution >= 4 is 17.5 Å². The van der Waals surface area contributed by atoms with E-state index in [2.05, 4.69) is 37.3 Å². The average molecular weight is 532 g/mol. The van der Waals surface area contributed by atoms with Gasteiger partial charge in [-0.15, -0.1) is 0 Å². The van der Waals surface area contributed by atoms with Crippen molar-refractivity contribution in [3.8, 4) is 6.19 Å². The molecule has 1 aromatic carbocycles. The number of amides is 2. The topological polar surface area (TPSA) is 98.6 Å². The van der Waals surface area contributed by atoms with Gasteiger partial charge in [-0.25, -0.2) is 0 Å². The number of hydrogen-bond donors (Lipinski definition) is 1. The molecule has 0 radical (unpaired) electrons. The van der Waals surface area contributed by atoms with Crippen molar-refractivity contribution in [2.75, 3.05) is 18.6 Å². The molecule has 1 aliphatic carbocycles. The Bertz CT molecular complexity index is 1180. The van der Waals surface area contributed by atoms with Crippen LogP contribution in [0.4, 0.5) is 5.69 Å². The first-order chi connectivity index (χ1) is 18.6. The van der Waals surface area contributed by atoms with Crippen molar-refractivity contribution in [1.29, 1.82) is 5.26 Å². The van der Waals surface area contributed by atoms with Gasteiger partial charge in [0, 0.05) is 43.2 Å². The summed E-state index contributed by atoms with van der Waals surface area (Å²) in [6.07, 6.45) is 10.8. The lowest BCUT2D eigenvalue weighted by Gasteiger charge is -2.43. The predicted molar refractivity (Wildman–Crippen MR) is 151 cm³/mol. The maximum absolute atomic E-state index is 14.6. The van der Waals surface area contributed by atoms with Gasteiger partial charge < -0.3 is 10.1 Å². The third-order valence-electron chi connectivity index (χ3n) is 8.27. The molecule has 0 spiro atoms. The fourth-order valence-electron chi connectivity index (χ4n) is 5.76. The highest BCUT2D eigenvalue weighted by Gasteiger charge is 2.50. The second-order valence-corrected chi connectivity index (χ2v) is 12.0. The molecule has 8 nitrogen and oxygen atoms in total. The summed E-state index contributed by atoms with van der Waals surface area (Å²) in [6.45, 7) is 8.53. The summed E-state index contributed by atoms with van der Waals surface area (Å²) < 4.78 is 5.53. The minimum Gasteiger partial charge on any atom is -0.379 e. The normalized spacial score (nSPS) is 21.6. The Morgan fingerprint density at radius 2 is 1.77 bits per heavy atom. The van der Waals surface area contributed by atoms with Gasteiger partial charge >= 0.3 is 0 Å². The van der Waals surface area contributed by atoms with Gasteiger partial charge in [0.2, 0.25) is 0 Å². The highest BCUT2D eigenvalue weighted by molar-refractivity contribution is 6.06. The van der Waals surface area contributed by atoms with Gasteiger partial charge in [0.1, 0.15) is 6.04 Å². The number of carbonyl (C=O) groups is 2. The third kappa shape index (κ3) is 5.94. The number of nitrogens with zero attached hydrogens (tertiary/aromatic N) is 4. The summed E-state index contributed by atoms with van der Waals surface area (Å²) in [4.78, 5) is 36.2. The Morgan fingerprint density at radius 1 is 1.08 bits per heavy atom. The van der Waals surface area contributed by atoms with Crippen molar-refractivity contribution in [3.05, 3.63) is 59.9 Å². The molecule has 1 aromatic heterocycles. The number of rotatable bonds is 7. The molecule has 3 atom stereocenters. The van der Waals surface area contributed by atoms with Crippen LogP contribution in [0.1, 0.15) is 77.3 Å². The maximum Gasteiger partial charge on any atom is 0.251 e. The molecule has 8 heteroatoms. The molecular formula is C31H41N5O3. The number of pyridine rings is 1. The van der Waals surface area contributed by atoms with E-state index in [0.29, 0.717) is 24.2 Å². The van der Waals surface area contributed by atoms with Gasteiger partial charge in [0.25, 0.3) is 11.8 Å². The summed E-state index contributed by atoms with van der Waals surface area (Å²) in [7, 11) is 1.59. The first kappa shape index (κ1) is 28.6. The average Bonchev–Trinajstić information content (AvgIpc) is 3.37. The Balaban J connectivity index is 1.84. The summed E-state index contributed by atoms with van der Waals surface area (Å²) >= 11 is 0. The van der Waals surface area contributed by atoms with Crippen LogP contribution in [0.3, 0.4) is 0 Å². The second kappa shape index (κ2) is 11.7. The lowest BCUT2D eigenvalue weighted by molar-refractivity contribution is -0.132. The molecule has 1 saturated carbocycles. The van der Waals surface area contributed by atoms with Crippen LogP contribution in [0.2, 0.25) is 0 Å². The minimum absolute atomic E-state index is 0.0578. The number of likely N-dealkylation sites (tertiary alicyclic amines) is 1. The van der Waals surface area contributed by atoms with E-state index in [4.69, 9.17) is 4.74 Å². The smallest absolute Gasteiger partial charge is 0.251 e. The summed E-state index contributed by atoms with van der Waals surface area (Å²) in [5, 5.41) is 13.2. The molecule has 2 heterocycles. The van der Waals surface area contributed by atoms with Crippen molar-refractivity contribution in [2.45, 2.75) is 95.4 Å². The van der Waals surface area contributed by atoms with Gasteiger partial charge in [-0.05, 0) is 48.9 Å². The van der Waals surface area contributed by atoms with Crippen molar-refractivity contribution in [3.63, 3.8) is 0 Å². The van der Waals surface area contributed by atoms with E-state index in [9.17, 15) is 14.9 Å². The van der Waals surface area contributed by atoms with E-state index in [1.165, 1.54) is 11.3 Å². The van der Waals surface area contributed by atoms with Crippen molar-refractivity contribution in [1.82, 2.24) is 15.2 Å². The Hall–Kier alpha value is -3.44. The Kier molecular flexibility index (Phi) is 8.60. The van der Waals surface area contributed by atoms with E-state index in [-0.39, 0.29) is 29.4 Å². The lowest BCUT2D eigenvalue weighted by Crippen LogP contribution is -2.61. The fourth-order valence-corrected chi connectivity index (χ4v) is 5.76. The summed E-state index contributed by atoms with van der Waals surface area (Å²) in [5.74, 6) is -0.565. The van der Waals surface area contributed by atoms with Gasteiger partial charge in [-0.3, -0.25) is 24.4 Å². The van der Waals surface area contributed by atoms with Crippen LogP contribution in [0.25, 0.3) is 0 Å². The van der Waals surface area contributed by atoms with Crippen LogP contribution in [0, 0.1) is 11.5 Å². The van der Waals surface area contributed by atoms with Crippen LogP contribution < -0.4 is 10.2 Å². The number of ether oxygens (including phenoxy) is 1. The number of carbonyl (C=O) groups excluding carboxylic acids is 2. The van der Waals surface area contributed by atoms with Crippen molar-refractivity contribution < 1.29 is 14.3 Å². The van der Waals surface area contributed by atoms with Crippen LogP contribution in [0.15, 0.2) is 48.8 Å². The molecule has 1 unspecified atom stereocenters. The Morgan fingerprint density at radius 3 is 2.33 bits per heavy atom. The highest BCUT2D eigenvalue weighted by Crippen LogP contribution is 2.37. The molecular weight excluding hydrogens is 490 g/mol. The SMILES string of the molecule is CO[C@@H]1C[C@H](C(=O)N(c2ccc(C(C)(C)C)cc2)C(C)(C(=O)NC2CCCCC2)c2cccnc2)N(C#N)C1. The van der Waals surface area contributed by atoms with Gasteiger partial charge in [0.15, 0.2) is 11.7 Å². The zero-order valence-electron chi connectivity index (χ0n) is 23.8. The van der Waals surface area contributed by atoms with E-state index < -0.39 is 11.6 Å². The molecule has 39 heavy (non-hydrogen) atoms. The number of nitrogens with one attached hydrogen (secondary N) is 1. The second-order valence-electron chi connectivity index (χ2n) is 12.0. The molecule has 2 amide bonds. The van der Waals surface area contributed by atoms with Crippen LogP contribution in [0.5, 0.6) is 0 Å². The van der Waals surface area contributed by atoms with E-state index >= 15 is 0 Å². The summed E-state index contributed by atoms with van der Waals surface area (Å²) in [6, 6.07) is 10.8. The number of nitriles is 1. The molecule has 1 N–H and O–H groups in total. The maximum atomic E-state index is 14.6. The minimum atomic E-state index is -1.40. The van der Waals surface area contributed by atoms with Gasteiger partial charge in [-0.1, -0.05) is 58.2 Å². The third-order valence-corrected chi connectivity index (χ3v) is 8.27. The van der Waals surface area contributed by atoms with Gasteiger partial charge in [-0.2, -0.15) is 5.26 Å². The predicted octanol–water partition coefficient (Wildman–Crippen LogP) is 4.65. The first-order valence-electron chi connectivity index (χ1n) is 13.9. The number of benzene rings is 1. The summed E-state index contributed by atoms with van der Waals surface area (Å²) in [5.41, 5.74) is 0.839. The largest absolute Gasteiger partial charge is 0.379 e. The Labute approximate surface area is 232 Å². The zero-order valence-corrected chi connectivity index (χ0v) is 23.8. The zero-order chi connectivity index (χ0) is 28.2. The van der Waals surface area contributed by atoms with E-state index in [1.54, 1.807) is 37.4 Å². The standard InChI is InChI=1S/C31H41N5O3/c1-30(2,3)22-13-15-25(16-14-22)36(28(37)27-18-26(39-5)20-35(27)21-32)31(4,23-10-9-17-33-19-23)29(38)34-24-11-7-6-8-12-24/h9-10,13-17,19,24,26-27H,6-8,11-12,18,20H2,1-5H3,(H,34,38)/t26-,27-,31?/m1/s1. The van der Waals surface area contributed by atoms with Crippen LogP contribution in [-0.2, 0) is 25.3 Å². The number of methoxy groups -OCH3 is 1. The lowest BCUT2D eigenvalue weighted by atomic mass is 9.85. The molecule has 0 bridgehead atoms. The van der Waals surface area contributed by atoms with Gasteiger partial charge in [0.05, 0.1) is 12.6 Å². The molecule has 4 rings (SSSR count). The number of hydrogen-bond acceptors (Lipinski definition) is 6.